The molecule has 68 valence electrons. The van der Waals surface area contributed by atoms with Crippen molar-refractivity contribution < 1.29 is 0 Å². The van der Waals surface area contributed by atoms with E-state index in [1.807, 2.05) is 37.3 Å². The maximum Gasteiger partial charge on any atom is -0.0188 e. The van der Waals surface area contributed by atoms with Crippen LogP contribution in [0, 0.1) is 0 Å². The number of rotatable bonds is 1. The zero-order valence-electron chi connectivity index (χ0n) is 8.22. The SMILES string of the molecule is C=C.C=C(C)/C=c1/ccccc1=C. The molecule has 0 saturated heterocycles. The van der Waals surface area contributed by atoms with E-state index < -0.39 is 0 Å². The second-order valence-electron chi connectivity index (χ2n) is 2.69. The van der Waals surface area contributed by atoms with Crippen LogP contribution in [0.1, 0.15) is 6.92 Å². The zero-order valence-corrected chi connectivity index (χ0v) is 8.22. The fraction of sp³-hybridized carbons (Fsp3) is 0.0769. The van der Waals surface area contributed by atoms with Crippen LogP contribution in [0.5, 0.6) is 0 Å². The lowest BCUT2D eigenvalue weighted by Crippen LogP contribution is -2.21. The summed E-state index contributed by atoms with van der Waals surface area (Å²) >= 11 is 0. The maximum atomic E-state index is 3.90. The molecule has 0 spiro atoms. The zero-order chi connectivity index (χ0) is 10.3. The highest BCUT2D eigenvalue weighted by Crippen LogP contribution is 1.84. The van der Waals surface area contributed by atoms with Gasteiger partial charge in [-0.2, -0.15) is 0 Å². The molecule has 0 N–H and O–H groups in total. The van der Waals surface area contributed by atoms with E-state index in [2.05, 4.69) is 26.3 Å². The van der Waals surface area contributed by atoms with Crippen LogP contribution < -0.4 is 10.4 Å². The normalized spacial score (nSPS) is 10.1. The van der Waals surface area contributed by atoms with Gasteiger partial charge in [-0.25, -0.2) is 0 Å². The predicted octanol–water partition coefficient (Wildman–Crippen LogP) is 2.26. The van der Waals surface area contributed by atoms with Gasteiger partial charge in [0.15, 0.2) is 0 Å². The van der Waals surface area contributed by atoms with Crippen LogP contribution in [0.4, 0.5) is 0 Å². The molecular weight excluding hydrogens is 156 g/mol. The lowest BCUT2D eigenvalue weighted by Gasteiger charge is -1.88. The summed E-state index contributed by atoms with van der Waals surface area (Å²) in [5, 5.41) is 2.20. The first-order chi connectivity index (χ1) is 6.20. The smallest absolute Gasteiger partial charge is 0.0188 e. The largest absolute Gasteiger partial charge is 0.106 e. The number of benzene rings is 1. The van der Waals surface area contributed by atoms with Gasteiger partial charge in [0.2, 0.25) is 0 Å². The van der Waals surface area contributed by atoms with Gasteiger partial charge in [-0.05, 0) is 17.4 Å². The van der Waals surface area contributed by atoms with Gasteiger partial charge in [0.1, 0.15) is 0 Å². The Morgan fingerprint density at radius 3 is 2.23 bits per heavy atom. The van der Waals surface area contributed by atoms with E-state index in [4.69, 9.17) is 0 Å². The number of allylic oxidation sites excluding steroid dienone is 1. The van der Waals surface area contributed by atoms with Crippen LogP contribution >= 0.6 is 0 Å². The third-order valence-electron chi connectivity index (χ3n) is 1.46. The number of hydrogen-bond acceptors (Lipinski definition) is 0. The van der Waals surface area contributed by atoms with E-state index in [1.54, 1.807) is 0 Å². The van der Waals surface area contributed by atoms with E-state index in [9.17, 15) is 0 Å². The molecule has 0 atom stereocenters. The summed E-state index contributed by atoms with van der Waals surface area (Å²) in [6.45, 7) is 15.7. The summed E-state index contributed by atoms with van der Waals surface area (Å²) in [7, 11) is 0. The molecule has 0 unspecified atom stereocenters. The van der Waals surface area contributed by atoms with Gasteiger partial charge in [-0.3, -0.25) is 0 Å². The Bertz CT molecular complexity index is 371. The van der Waals surface area contributed by atoms with Crippen LogP contribution in [0.25, 0.3) is 12.7 Å². The van der Waals surface area contributed by atoms with Gasteiger partial charge in [0.05, 0.1) is 0 Å². The Hall–Kier alpha value is -1.56. The molecule has 0 radical (unpaired) electrons. The molecule has 0 heterocycles. The minimum Gasteiger partial charge on any atom is -0.106 e. The van der Waals surface area contributed by atoms with Gasteiger partial charge >= 0.3 is 0 Å². The molecule has 0 aliphatic rings. The van der Waals surface area contributed by atoms with E-state index in [0.29, 0.717) is 0 Å². The minimum atomic E-state index is 1.05. The van der Waals surface area contributed by atoms with Gasteiger partial charge in [-0.1, -0.05) is 49.1 Å². The molecule has 0 aliphatic carbocycles. The van der Waals surface area contributed by atoms with Gasteiger partial charge < -0.3 is 0 Å². The molecule has 1 aromatic carbocycles. The summed E-state index contributed by atoms with van der Waals surface area (Å²) in [4.78, 5) is 0. The van der Waals surface area contributed by atoms with Crippen LogP contribution in [-0.2, 0) is 0 Å². The summed E-state index contributed by atoms with van der Waals surface area (Å²) in [6.07, 6.45) is 2.03. The Kier molecular flexibility index (Phi) is 5.29. The van der Waals surface area contributed by atoms with Crippen LogP contribution in [-0.4, -0.2) is 0 Å². The van der Waals surface area contributed by atoms with Gasteiger partial charge in [0.25, 0.3) is 0 Å². The minimum absolute atomic E-state index is 1.05. The fourth-order valence-electron chi connectivity index (χ4n) is 0.940. The molecule has 0 heteroatoms. The first-order valence-corrected chi connectivity index (χ1v) is 4.11. The fourth-order valence-corrected chi connectivity index (χ4v) is 0.940. The lowest BCUT2D eigenvalue weighted by molar-refractivity contribution is 1.50. The van der Waals surface area contributed by atoms with Crippen LogP contribution in [0.3, 0.4) is 0 Å². The van der Waals surface area contributed by atoms with E-state index in [-0.39, 0.29) is 0 Å². The van der Waals surface area contributed by atoms with E-state index in [1.165, 1.54) is 0 Å². The quantitative estimate of drug-likeness (QED) is 0.570. The van der Waals surface area contributed by atoms with Crippen molar-refractivity contribution in [2.24, 2.45) is 0 Å². The van der Waals surface area contributed by atoms with Gasteiger partial charge in [0, 0.05) is 0 Å². The van der Waals surface area contributed by atoms with Crippen molar-refractivity contribution in [3.63, 3.8) is 0 Å². The Morgan fingerprint density at radius 2 is 1.77 bits per heavy atom. The number of hydrogen-bond donors (Lipinski definition) is 0. The van der Waals surface area contributed by atoms with Crippen molar-refractivity contribution in [3.8, 4) is 0 Å². The van der Waals surface area contributed by atoms with Crippen LogP contribution in [0.2, 0.25) is 0 Å². The average Bonchev–Trinajstić information content (AvgIpc) is 2.12. The Labute approximate surface area is 80.2 Å². The van der Waals surface area contributed by atoms with Crippen molar-refractivity contribution >= 4 is 12.7 Å². The monoisotopic (exact) mass is 172 g/mol. The standard InChI is InChI=1S/C11H12.C2H4/c1-9(2)8-11-7-5-4-6-10(11)3;1-2/h4-8H,1,3H2,2H3;1-2H2/b11-8-;. The summed E-state index contributed by atoms with van der Waals surface area (Å²) in [5.74, 6) is 0. The summed E-state index contributed by atoms with van der Waals surface area (Å²) < 4.78 is 0. The van der Waals surface area contributed by atoms with E-state index >= 15 is 0 Å². The van der Waals surface area contributed by atoms with E-state index in [0.717, 1.165) is 16.0 Å². The van der Waals surface area contributed by atoms with Gasteiger partial charge in [-0.15, -0.1) is 13.2 Å². The predicted molar refractivity (Wildman–Crippen MR) is 61.7 cm³/mol. The maximum absolute atomic E-state index is 3.90. The second kappa shape index (κ2) is 6.01. The molecule has 0 nitrogen and oxygen atoms in total. The molecular formula is C13H16. The molecule has 1 aromatic rings. The topological polar surface area (TPSA) is 0 Å². The van der Waals surface area contributed by atoms with Crippen molar-refractivity contribution in [1.29, 1.82) is 0 Å². The molecule has 1 rings (SSSR count). The Morgan fingerprint density at radius 1 is 1.23 bits per heavy atom. The first-order valence-electron chi connectivity index (χ1n) is 4.11. The molecule has 0 saturated carbocycles. The molecule has 0 amide bonds. The summed E-state index contributed by atoms with van der Waals surface area (Å²) in [5.41, 5.74) is 1.06. The molecule has 0 aromatic heterocycles. The second-order valence-corrected chi connectivity index (χ2v) is 2.69. The highest BCUT2D eigenvalue weighted by molar-refractivity contribution is 5.43. The van der Waals surface area contributed by atoms with Crippen molar-refractivity contribution in [1.82, 2.24) is 0 Å². The third kappa shape index (κ3) is 4.12. The van der Waals surface area contributed by atoms with Crippen molar-refractivity contribution in [2.75, 3.05) is 0 Å². The Balaban J connectivity index is 0.000000671. The average molecular weight is 172 g/mol. The molecule has 0 fully saturated rings. The highest BCUT2D eigenvalue weighted by atomic mass is 13.8. The van der Waals surface area contributed by atoms with Crippen molar-refractivity contribution in [3.05, 3.63) is 60.0 Å². The molecule has 0 bridgehead atoms. The molecule has 0 aliphatic heterocycles. The first kappa shape index (κ1) is 11.4. The molecule has 13 heavy (non-hydrogen) atoms. The van der Waals surface area contributed by atoms with Crippen molar-refractivity contribution in [2.45, 2.75) is 6.92 Å². The lowest BCUT2D eigenvalue weighted by atomic mass is 10.2. The van der Waals surface area contributed by atoms with Crippen LogP contribution in [0.15, 0.2) is 49.6 Å². The highest BCUT2D eigenvalue weighted by Gasteiger charge is 1.79. The summed E-state index contributed by atoms with van der Waals surface area (Å²) in [6, 6.07) is 8.02. The third-order valence-corrected chi connectivity index (χ3v) is 1.46.